The first-order valence-electron chi connectivity index (χ1n) is 8.58. The van der Waals surface area contributed by atoms with Crippen molar-refractivity contribution in [3.63, 3.8) is 0 Å². The zero-order valence-corrected chi connectivity index (χ0v) is 14.2. The van der Waals surface area contributed by atoms with Gasteiger partial charge in [-0.2, -0.15) is 0 Å². The third-order valence-electron chi connectivity index (χ3n) is 4.36. The predicted octanol–water partition coefficient (Wildman–Crippen LogP) is 2.54. The minimum Gasteiger partial charge on any atom is -0.491 e. The zero-order valence-electron chi connectivity index (χ0n) is 14.2. The molecule has 1 saturated heterocycles. The zero-order chi connectivity index (χ0) is 16.8. The molecule has 0 bridgehead atoms. The molecule has 1 atom stereocenters. The van der Waals surface area contributed by atoms with E-state index >= 15 is 0 Å². The average molecular weight is 327 g/mol. The van der Waals surface area contributed by atoms with Gasteiger partial charge >= 0.3 is 0 Å². The van der Waals surface area contributed by atoms with Gasteiger partial charge in [0.2, 0.25) is 0 Å². The van der Waals surface area contributed by atoms with E-state index in [-0.39, 0.29) is 6.61 Å². The fraction of sp³-hybridized carbons (Fsp3) is 0.474. The maximum Gasteiger partial charge on any atom is 0.119 e. The predicted molar refractivity (Wildman–Crippen MR) is 93.0 cm³/mol. The Bertz CT molecular complexity index is 663. The summed E-state index contributed by atoms with van der Waals surface area (Å²) in [5, 5.41) is 8.87. The molecule has 3 rings (SSSR count). The van der Waals surface area contributed by atoms with Crippen molar-refractivity contribution >= 4 is 0 Å². The van der Waals surface area contributed by atoms with Crippen LogP contribution in [0, 0.1) is 6.92 Å². The molecule has 1 aromatic carbocycles. The van der Waals surface area contributed by atoms with E-state index in [0.717, 1.165) is 36.8 Å². The molecule has 1 aromatic heterocycles. The summed E-state index contributed by atoms with van der Waals surface area (Å²) < 4.78 is 5.50. The van der Waals surface area contributed by atoms with Crippen LogP contribution in [0.15, 0.2) is 36.7 Å². The largest absolute Gasteiger partial charge is 0.491 e. The van der Waals surface area contributed by atoms with Gasteiger partial charge in [-0.1, -0.05) is 12.1 Å². The van der Waals surface area contributed by atoms with Gasteiger partial charge in [-0.25, -0.2) is 0 Å². The van der Waals surface area contributed by atoms with Crippen LogP contribution in [-0.2, 0) is 6.54 Å². The molecule has 0 saturated carbocycles. The van der Waals surface area contributed by atoms with Crippen LogP contribution in [0.3, 0.4) is 0 Å². The summed E-state index contributed by atoms with van der Waals surface area (Å²) in [7, 11) is 0. The number of aliphatic hydroxyl groups is 1. The molecular weight excluding hydrogens is 302 g/mol. The van der Waals surface area contributed by atoms with Gasteiger partial charge < -0.3 is 9.84 Å². The van der Waals surface area contributed by atoms with E-state index in [1.165, 1.54) is 18.4 Å². The number of hydrogen-bond donors (Lipinski definition) is 1. The Labute approximate surface area is 143 Å². The maximum absolute atomic E-state index is 8.87. The summed E-state index contributed by atoms with van der Waals surface area (Å²) in [6.07, 6.45) is 6.07. The number of ether oxygens (including phenoxy) is 1. The van der Waals surface area contributed by atoms with Crippen molar-refractivity contribution in [2.45, 2.75) is 32.2 Å². The highest BCUT2D eigenvalue weighted by atomic mass is 16.5. The third-order valence-corrected chi connectivity index (χ3v) is 4.36. The molecule has 0 aliphatic carbocycles. The van der Waals surface area contributed by atoms with Gasteiger partial charge in [0.1, 0.15) is 12.4 Å². The van der Waals surface area contributed by atoms with Crippen molar-refractivity contribution in [3.05, 3.63) is 53.6 Å². The Kier molecular flexibility index (Phi) is 5.77. The molecule has 1 aliphatic heterocycles. The minimum atomic E-state index is 0.0373. The SMILES string of the molecule is Cc1cncc([C@@H]2CCCN(Cc3cccc(OCCO)c3)C2)n1. The van der Waals surface area contributed by atoms with Gasteiger partial charge in [0.25, 0.3) is 0 Å². The lowest BCUT2D eigenvalue weighted by Crippen LogP contribution is -2.34. The third kappa shape index (κ3) is 4.52. The van der Waals surface area contributed by atoms with E-state index in [4.69, 9.17) is 9.84 Å². The number of nitrogens with zero attached hydrogens (tertiary/aromatic N) is 3. The highest BCUT2D eigenvalue weighted by Crippen LogP contribution is 2.26. The van der Waals surface area contributed by atoms with Crippen molar-refractivity contribution in [2.24, 2.45) is 0 Å². The van der Waals surface area contributed by atoms with Gasteiger partial charge in [0, 0.05) is 31.4 Å². The van der Waals surface area contributed by atoms with Crippen LogP contribution in [0.2, 0.25) is 0 Å². The summed E-state index contributed by atoms with van der Waals surface area (Å²) in [4.78, 5) is 11.4. The molecule has 2 aromatic rings. The van der Waals surface area contributed by atoms with Crippen LogP contribution in [0.25, 0.3) is 0 Å². The maximum atomic E-state index is 8.87. The van der Waals surface area contributed by atoms with Gasteiger partial charge in [0.15, 0.2) is 0 Å². The van der Waals surface area contributed by atoms with Crippen LogP contribution in [0.1, 0.15) is 35.7 Å². The lowest BCUT2D eigenvalue weighted by atomic mass is 9.94. The second-order valence-electron chi connectivity index (χ2n) is 6.38. The van der Waals surface area contributed by atoms with Crippen molar-refractivity contribution in [2.75, 3.05) is 26.3 Å². The Morgan fingerprint density at radius 2 is 2.25 bits per heavy atom. The quantitative estimate of drug-likeness (QED) is 0.883. The summed E-state index contributed by atoms with van der Waals surface area (Å²) in [6, 6.07) is 8.13. The standard InChI is InChI=1S/C19H25N3O2/c1-15-11-20-12-19(21-15)17-5-3-7-22(14-17)13-16-4-2-6-18(10-16)24-9-8-23/h2,4,6,10-12,17,23H,3,5,7-9,13-14H2,1H3/t17-/m1/s1. The number of hydrogen-bond acceptors (Lipinski definition) is 5. The molecule has 2 heterocycles. The number of aryl methyl sites for hydroxylation is 1. The summed E-state index contributed by atoms with van der Waals surface area (Å²) in [5.41, 5.74) is 3.33. The Morgan fingerprint density at radius 3 is 3.08 bits per heavy atom. The fourth-order valence-corrected chi connectivity index (χ4v) is 3.28. The summed E-state index contributed by atoms with van der Waals surface area (Å²) in [6.45, 7) is 5.40. The van der Waals surface area contributed by atoms with E-state index in [1.807, 2.05) is 31.5 Å². The topological polar surface area (TPSA) is 58.5 Å². The number of piperidine rings is 1. The van der Waals surface area contributed by atoms with Crippen LogP contribution in [0.4, 0.5) is 0 Å². The highest BCUT2D eigenvalue weighted by Gasteiger charge is 2.22. The molecule has 5 nitrogen and oxygen atoms in total. The van der Waals surface area contributed by atoms with Crippen molar-refractivity contribution in [1.82, 2.24) is 14.9 Å². The molecule has 1 aliphatic rings. The van der Waals surface area contributed by atoms with E-state index < -0.39 is 0 Å². The highest BCUT2D eigenvalue weighted by molar-refractivity contribution is 5.28. The monoisotopic (exact) mass is 327 g/mol. The second-order valence-corrected chi connectivity index (χ2v) is 6.38. The molecule has 1 fully saturated rings. The number of aliphatic hydroxyl groups excluding tert-OH is 1. The van der Waals surface area contributed by atoms with Crippen molar-refractivity contribution < 1.29 is 9.84 Å². The van der Waals surface area contributed by atoms with Crippen LogP contribution >= 0.6 is 0 Å². The molecule has 0 unspecified atom stereocenters. The fourth-order valence-electron chi connectivity index (χ4n) is 3.28. The second kappa shape index (κ2) is 8.22. The molecule has 24 heavy (non-hydrogen) atoms. The Hall–Kier alpha value is -1.98. The average Bonchev–Trinajstić information content (AvgIpc) is 2.60. The number of benzene rings is 1. The molecular formula is C19H25N3O2. The number of aromatic nitrogens is 2. The van der Waals surface area contributed by atoms with E-state index in [9.17, 15) is 0 Å². The molecule has 0 amide bonds. The number of likely N-dealkylation sites (tertiary alicyclic amines) is 1. The normalized spacial score (nSPS) is 18.5. The lowest BCUT2D eigenvalue weighted by molar-refractivity contribution is 0.195. The van der Waals surface area contributed by atoms with Crippen molar-refractivity contribution in [1.29, 1.82) is 0 Å². The first-order valence-corrected chi connectivity index (χ1v) is 8.58. The van der Waals surface area contributed by atoms with Gasteiger partial charge in [-0.05, 0) is 44.0 Å². The Morgan fingerprint density at radius 1 is 1.33 bits per heavy atom. The van der Waals surface area contributed by atoms with E-state index in [0.29, 0.717) is 12.5 Å². The minimum absolute atomic E-state index is 0.0373. The van der Waals surface area contributed by atoms with Gasteiger partial charge in [0.05, 0.1) is 18.0 Å². The first kappa shape index (κ1) is 16.9. The molecule has 128 valence electrons. The van der Waals surface area contributed by atoms with Crippen molar-refractivity contribution in [3.8, 4) is 5.75 Å². The van der Waals surface area contributed by atoms with Crippen LogP contribution in [0.5, 0.6) is 5.75 Å². The molecule has 0 spiro atoms. The first-order chi connectivity index (χ1) is 11.7. The Balaban J connectivity index is 1.63. The van der Waals surface area contributed by atoms with Gasteiger partial charge in [-0.3, -0.25) is 14.9 Å². The van der Waals surface area contributed by atoms with Crippen LogP contribution < -0.4 is 4.74 Å². The van der Waals surface area contributed by atoms with E-state index in [1.54, 1.807) is 0 Å². The summed E-state index contributed by atoms with van der Waals surface area (Å²) in [5.74, 6) is 1.28. The molecule has 5 heteroatoms. The van der Waals surface area contributed by atoms with Crippen LogP contribution in [-0.4, -0.2) is 46.3 Å². The summed E-state index contributed by atoms with van der Waals surface area (Å²) >= 11 is 0. The molecule has 1 N–H and O–H groups in total. The van der Waals surface area contributed by atoms with E-state index in [2.05, 4.69) is 27.0 Å². The number of rotatable bonds is 6. The lowest BCUT2D eigenvalue weighted by Gasteiger charge is -2.32. The van der Waals surface area contributed by atoms with Gasteiger partial charge in [-0.15, -0.1) is 0 Å². The smallest absolute Gasteiger partial charge is 0.119 e. The molecule has 0 radical (unpaired) electrons.